The van der Waals surface area contributed by atoms with Crippen LogP contribution in [0.2, 0.25) is 0 Å². The lowest BCUT2D eigenvalue weighted by molar-refractivity contribution is -0.121. The van der Waals surface area contributed by atoms with E-state index in [0.29, 0.717) is 43.3 Å². The number of benzene rings is 1. The highest BCUT2D eigenvalue weighted by Gasteiger charge is 2.06. The molecule has 0 unspecified atom stereocenters. The zero-order valence-corrected chi connectivity index (χ0v) is 14.8. The van der Waals surface area contributed by atoms with Crippen molar-refractivity contribution in [2.45, 2.75) is 33.6 Å². The van der Waals surface area contributed by atoms with Crippen LogP contribution in [0.3, 0.4) is 0 Å². The molecule has 0 aromatic heterocycles. The molecule has 2 amide bonds. The second-order valence-corrected chi connectivity index (χ2v) is 6.33. The zero-order valence-electron chi connectivity index (χ0n) is 13.2. The Kier molecular flexibility index (Phi) is 7.95. The molecule has 5 nitrogen and oxygen atoms in total. The molecule has 0 spiro atoms. The summed E-state index contributed by atoms with van der Waals surface area (Å²) < 4.78 is 6.47. The highest BCUT2D eigenvalue weighted by Crippen LogP contribution is 2.28. The number of amides is 2. The minimum absolute atomic E-state index is 0.0448. The normalized spacial score (nSPS) is 10.4. The lowest BCUT2D eigenvalue weighted by Gasteiger charge is -2.11. The van der Waals surface area contributed by atoms with Gasteiger partial charge in [-0.3, -0.25) is 9.59 Å². The lowest BCUT2D eigenvalue weighted by atomic mass is 10.2. The molecule has 0 heterocycles. The van der Waals surface area contributed by atoms with Crippen molar-refractivity contribution in [3.63, 3.8) is 0 Å². The van der Waals surface area contributed by atoms with Crippen molar-refractivity contribution in [3.8, 4) is 5.75 Å². The van der Waals surface area contributed by atoms with Gasteiger partial charge in [0.25, 0.3) is 0 Å². The van der Waals surface area contributed by atoms with Crippen LogP contribution in [0.25, 0.3) is 0 Å². The standard InChI is InChI=1S/C16H23BrN2O3/c1-11(2)10-18-16(21)5-4-8-22-15-9-13(19-12(3)20)6-7-14(15)17/h6-7,9,11H,4-5,8,10H2,1-3H3,(H,18,21)(H,19,20). The van der Waals surface area contributed by atoms with Gasteiger partial charge in [0, 0.05) is 31.6 Å². The molecule has 0 bridgehead atoms. The number of carbonyl (C=O) groups is 2. The summed E-state index contributed by atoms with van der Waals surface area (Å²) >= 11 is 3.40. The third-order valence-electron chi connectivity index (χ3n) is 2.76. The fourth-order valence-electron chi connectivity index (χ4n) is 1.72. The molecule has 1 aromatic carbocycles. The van der Waals surface area contributed by atoms with E-state index in [2.05, 4.69) is 40.4 Å². The van der Waals surface area contributed by atoms with Crippen molar-refractivity contribution >= 4 is 33.4 Å². The first kappa shape index (κ1) is 18.5. The van der Waals surface area contributed by atoms with Crippen LogP contribution >= 0.6 is 15.9 Å². The van der Waals surface area contributed by atoms with Gasteiger partial charge >= 0.3 is 0 Å². The molecule has 0 fully saturated rings. The maximum absolute atomic E-state index is 11.6. The highest BCUT2D eigenvalue weighted by molar-refractivity contribution is 9.10. The average Bonchev–Trinajstić information content (AvgIpc) is 2.44. The van der Waals surface area contributed by atoms with Crippen LogP contribution in [0.15, 0.2) is 22.7 Å². The van der Waals surface area contributed by atoms with E-state index in [1.165, 1.54) is 6.92 Å². The van der Waals surface area contributed by atoms with E-state index in [1.807, 2.05) is 6.07 Å². The molecule has 0 aliphatic heterocycles. The second-order valence-electron chi connectivity index (χ2n) is 5.48. The minimum Gasteiger partial charge on any atom is -0.492 e. The molecule has 0 aliphatic carbocycles. The molecule has 122 valence electrons. The highest BCUT2D eigenvalue weighted by atomic mass is 79.9. The largest absolute Gasteiger partial charge is 0.492 e. The van der Waals surface area contributed by atoms with E-state index < -0.39 is 0 Å². The minimum atomic E-state index is -0.130. The molecule has 1 rings (SSSR count). The molecule has 2 N–H and O–H groups in total. The molecular weight excluding hydrogens is 348 g/mol. The van der Waals surface area contributed by atoms with Crippen molar-refractivity contribution in [1.29, 1.82) is 0 Å². The van der Waals surface area contributed by atoms with Gasteiger partial charge in [-0.15, -0.1) is 0 Å². The summed E-state index contributed by atoms with van der Waals surface area (Å²) in [6, 6.07) is 5.36. The smallest absolute Gasteiger partial charge is 0.221 e. The van der Waals surface area contributed by atoms with E-state index in [-0.39, 0.29) is 11.8 Å². The SMILES string of the molecule is CC(=O)Nc1ccc(Br)c(OCCCC(=O)NCC(C)C)c1. The fraction of sp³-hybridized carbons (Fsp3) is 0.500. The van der Waals surface area contributed by atoms with Crippen molar-refractivity contribution in [1.82, 2.24) is 5.32 Å². The van der Waals surface area contributed by atoms with Crippen LogP contribution in [-0.2, 0) is 9.59 Å². The quantitative estimate of drug-likeness (QED) is 0.689. The van der Waals surface area contributed by atoms with Gasteiger partial charge in [-0.1, -0.05) is 13.8 Å². The van der Waals surface area contributed by atoms with Gasteiger partial charge in [0.1, 0.15) is 5.75 Å². The van der Waals surface area contributed by atoms with Gasteiger partial charge in [0.05, 0.1) is 11.1 Å². The van der Waals surface area contributed by atoms with Crippen LogP contribution in [0.5, 0.6) is 5.75 Å². The Morgan fingerprint density at radius 2 is 2.05 bits per heavy atom. The maximum atomic E-state index is 11.6. The first-order valence-corrected chi connectivity index (χ1v) is 8.14. The molecule has 0 aliphatic rings. The number of hydrogen-bond donors (Lipinski definition) is 2. The monoisotopic (exact) mass is 370 g/mol. The van der Waals surface area contributed by atoms with E-state index in [4.69, 9.17) is 4.74 Å². The Morgan fingerprint density at radius 1 is 1.32 bits per heavy atom. The summed E-state index contributed by atoms with van der Waals surface area (Å²) in [6.45, 7) is 6.71. The summed E-state index contributed by atoms with van der Waals surface area (Å²) in [6.07, 6.45) is 1.08. The third kappa shape index (κ3) is 7.45. The average molecular weight is 371 g/mol. The summed E-state index contributed by atoms with van der Waals surface area (Å²) in [7, 11) is 0. The molecule has 6 heteroatoms. The first-order valence-electron chi connectivity index (χ1n) is 7.35. The number of rotatable bonds is 8. The van der Waals surface area contributed by atoms with Gasteiger partial charge in [-0.05, 0) is 40.4 Å². The fourth-order valence-corrected chi connectivity index (χ4v) is 2.08. The second kappa shape index (κ2) is 9.46. The van der Waals surface area contributed by atoms with E-state index in [1.54, 1.807) is 12.1 Å². The number of halogens is 1. The molecule has 22 heavy (non-hydrogen) atoms. The molecule has 0 saturated carbocycles. The van der Waals surface area contributed by atoms with Crippen molar-refractivity contribution in [2.75, 3.05) is 18.5 Å². The van der Waals surface area contributed by atoms with E-state index in [9.17, 15) is 9.59 Å². The Morgan fingerprint density at radius 3 is 2.68 bits per heavy atom. The molecule has 0 atom stereocenters. The number of hydrogen-bond acceptors (Lipinski definition) is 3. The van der Waals surface area contributed by atoms with Crippen molar-refractivity contribution in [2.24, 2.45) is 5.92 Å². The van der Waals surface area contributed by atoms with Crippen molar-refractivity contribution < 1.29 is 14.3 Å². The van der Waals surface area contributed by atoms with Crippen molar-refractivity contribution in [3.05, 3.63) is 22.7 Å². The molecular formula is C16H23BrN2O3. The van der Waals surface area contributed by atoms with Crippen LogP contribution in [-0.4, -0.2) is 25.0 Å². The lowest BCUT2D eigenvalue weighted by Crippen LogP contribution is -2.27. The van der Waals surface area contributed by atoms with E-state index >= 15 is 0 Å². The number of anilines is 1. The van der Waals surface area contributed by atoms with Crippen LogP contribution < -0.4 is 15.4 Å². The Balaban J connectivity index is 2.38. The van der Waals surface area contributed by atoms with E-state index in [0.717, 1.165) is 4.47 Å². The summed E-state index contributed by atoms with van der Waals surface area (Å²) in [5.74, 6) is 1.01. The van der Waals surface area contributed by atoms with Crippen LogP contribution in [0, 0.1) is 5.92 Å². The zero-order chi connectivity index (χ0) is 16.5. The van der Waals surface area contributed by atoms with Crippen LogP contribution in [0.4, 0.5) is 5.69 Å². The number of carbonyl (C=O) groups excluding carboxylic acids is 2. The van der Waals surface area contributed by atoms with Gasteiger partial charge in [0.2, 0.25) is 11.8 Å². The van der Waals surface area contributed by atoms with Gasteiger partial charge in [0.15, 0.2) is 0 Å². The van der Waals surface area contributed by atoms with Gasteiger partial charge in [-0.25, -0.2) is 0 Å². The Labute approximate surface area is 139 Å². The Hall–Kier alpha value is -1.56. The number of ether oxygens (including phenoxy) is 1. The van der Waals surface area contributed by atoms with Crippen LogP contribution in [0.1, 0.15) is 33.6 Å². The first-order chi connectivity index (χ1) is 10.4. The van der Waals surface area contributed by atoms with Gasteiger partial charge in [-0.2, -0.15) is 0 Å². The molecule has 0 radical (unpaired) electrons. The number of nitrogens with one attached hydrogen (secondary N) is 2. The third-order valence-corrected chi connectivity index (χ3v) is 3.42. The predicted molar refractivity (Wildman–Crippen MR) is 91.0 cm³/mol. The maximum Gasteiger partial charge on any atom is 0.221 e. The molecule has 0 saturated heterocycles. The predicted octanol–water partition coefficient (Wildman–Crippen LogP) is 3.34. The van der Waals surface area contributed by atoms with Gasteiger partial charge < -0.3 is 15.4 Å². The topological polar surface area (TPSA) is 67.4 Å². The summed E-state index contributed by atoms with van der Waals surface area (Å²) in [5.41, 5.74) is 0.681. The Bertz CT molecular complexity index is 518. The summed E-state index contributed by atoms with van der Waals surface area (Å²) in [4.78, 5) is 22.6. The summed E-state index contributed by atoms with van der Waals surface area (Å²) in [5, 5.41) is 5.58. The molecule has 1 aromatic rings.